The Morgan fingerprint density at radius 1 is 1.50 bits per heavy atom. The minimum absolute atomic E-state index is 0. The average Bonchev–Trinajstić information content (AvgIpc) is 2.80. The average molecular weight is 315 g/mol. The zero-order valence-electron chi connectivity index (χ0n) is 10.7. The summed E-state index contributed by atoms with van der Waals surface area (Å²) in [5.41, 5.74) is 0.772. The van der Waals surface area contributed by atoms with Gasteiger partial charge in [-0.05, 0) is 25.5 Å². The lowest BCUT2D eigenvalue weighted by Crippen LogP contribution is -2.38. The van der Waals surface area contributed by atoms with E-state index in [0.29, 0.717) is 11.6 Å². The minimum atomic E-state index is -0.392. The van der Waals surface area contributed by atoms with Crippen molar-refractivity contribution in [3.8, 4) is 0 Å². The monoisotopic (exact) mass is 314 g/mol. The van der Waals surface area contributed by atoms with E-state index in [4.69, 9.17) is 0 Å². The summed E-state index contributed by atoms with van der Waals surface area (Å²) in [5.74, 6) is 0. The second-order valence-corrected chi connectivity index (χ2v) is 5.65. The Morgan fingerprint density at radius 3 is 3.05 bits per heavy atom. The van der Waals surface area contributed by atoms with Gasteiger partial charge in [-0.1, -0.05) is 11.3 Å². The highest BCUT2D eigenvalue weighted by Gasteiger charge is 2.15. The molecule has 1 aliphatic rings. The summed E-state index contributed by atoms with van der Waals surface area (Å²) in [6, 6.07) is 5.20. The lowest BCUT2D eigenvalue weighted by atomic mass is 10.1. The lowest BCUT2D eigenvalue weighted by molar-refractivity contribution is -0.384. The molecule has 2 N–H and O–H groups in total. The molecule has 0 bridgehead atoms. The normalized spacial score (nSPS) is 18.5. The number of halogens is 1. The van der Waals surface area contributed by atoms with Gasteiger partial charge in [0.05, 0.1) is 15.1 Å². The fourth-order valence-corrected chi connectivity index (χ4v) is 3.16. The number of non-ortho nitro benzene ring substituents is 1. The van der Waals surface area contributed by atoms with Crippen molar-refractivity contribution in [3.63, 3.8) is 0 Å². The molecule has 20 heavy (non-hydrogen) atoms. The number of nitrogens with one attached hydrogen (secondary N) is 2. The molecule has 0 radical (unpaired) electrons. The topological polar surface area (TPSA) is 80.1 Å². The van der Waals surface area contributed by atoms with E-state index >= 15 is 0 Å². The van der Waals surface area contributed by atoms with Gasteiger partial charge in [0.25, 0.3) is 5.69 Å². The highest BCUT2D eigenvalue weighted by atomic mass is 35.5. The smallest absolute Gasteiger partial charge is 0.271 e. The maximum absolute atomic E-state index is 10.7. The van der Waals surface area contributed by atoms with Crippen LogP contribution < -0.4 is 10.6 Å². The molecule has 1 saturated heterocycles. The molecule has 2 heterocycles. The number of nitrogens with zero attached hydrogens (tertiary/aromatic N) is 2. The predicted octanol–water partition coefficient (Wildman–Crippen LogP) is 2.79. The third kappa shape index (κ3) is 3.17. The Bertz CT molecular complexity index is 613. The third-order valence-corrected chi connectivity index (χ3v) is 4.17. The van der Waals surface area contributed by atoms with Crippen molar-refractivity contribution < 1.29 is 4.92 Å². The van der Waals surface area contributed by atoms with Gasteiger partial charge in [0.1, 0.15) is 0 Å². The van der Waals surface area contributed by atoms with Crippen molar-refractivity contribution >= 4 is 44.8 Å². The van der Waals surface area contributed by atoms with Gasteiger partial charge in [0, 0.05) is 24.7 Å². The van der Waals surface area contributed by atoms with Gasteiger partial charge in [-0.25, -0.2) is 4.98 Å². The first-order valence-corrected chi connectivity index (χ1v) is 7.06. The molecule has 0 spiro atoms. The van der Waals surface area contributed by atoms with Gasteiger partial charge in [0.2, 0.25) is 0 Å². The maximum Gasteiger partial charge on any atom is 0.271 e. The summed E-state index contributed by atoms with van der Waals surface area (Å²) in [6.45, 7) is 2.01. The van der Waals surface area contributed by atoms with Gasteiger partial charge in [-0.15, -0.1) is 12.4 Å². The molecule has 1 atom stereocenters. The number of hydrogen-bond acceptors (Lipinski definition) is 6. The van der Waals surface area contributed by atoms with Crippen LogP contribution in [0.25, 0.3) is 10.2 Å². The number of hydrogen-bond donors (Lipinski definition) is 2. The van der Waals surface area contributed by atoms with Crippen molar-refractivity contribution in [3.05, 3.63) is 28.3 Å². The molecule has 8 heteroatoms. The zero-order valence-corrected chi connectivity index (χ0v) is 12.3. The first-order valence-electron chi connectivity index (χ1n) is 6.24. The Hall–Kier alpha value is -1.44. The minimum Gasteiger partial charge on any atom is -0.357 e. The summed E-state index contributed by atoms with van der Waals surface area (Å²) >= 11 is 1.54. The molecule has 108 valence electrons. The zero-order chi connectivity index (χ0) is 13.2. The molecule has 0 amide bonds. The Balaban J connectivity index is 0.00000147. The molecule has 1 aromatic carbocycles. The highest BCUT2D eigenvalue weighted by molar-refractivity contribution is 7.22. The molecule has 0 aliphatic carbocycles. The number of rotatable bonds is 3. The molecule has 1 aliphatic heterocycles. The fourth-order valence-electron chi connectivity index (χ4n) is 2.24. The molecule has 2 aromatic rings. The number of benzene rings is 1. The first-order chi connectivity index (χ1) is 9.22. The van der Waals surface area contributed by atoms with Crippen molar-refractivity contribution in [1.82, 2.24) is 10.3 Å². The van der Waals surface area contributed by atoms with Gasteiger partial charge in [0.15, 0.2) is 5.13 Å². The number of anilines is 1. The fraction of sp³-hybridized carbons (Fsp3) is 0.417. The maximum atomic E-state index is 10.7. The second-order valence-electron chi connectivity index (χ2n) is 4.62. The van der Waals surface area contributed by atoms with Crippen LogP contribution in [0.15, 0.2) is 18.2 Å². The van der Waals surface area contributed by atoms with Gasteiger partial charge in [-0.2, -0.15) is 0 Å². The van der Waals surface area contributed by atoms with Crippen LogP contribution in [0.1, 0.15) is 12.8 Å². The van der Waals surface area contributed by atoms with E-state index in [1.807, 2.05) is 0 Å². The third-order valence-electron chi connectivity index (χ3n) is 3.21. The Kier molecular flexibility index (Phi) is 4.74. The quantitative estimate of drug-likeness (QED) is 0.672. The molecular formula is C12H15ClN4O2S. The van der Waals surface area contributed by atoms with E-state index in [0.717, 1.165) is 35.8 Å². The van der Waals surface area contributed by atoms with E-state index in [9.17, 15) is 10.1 Å². The van der Waals surface area contributed by atoms with Crippen LogP contribution in [0.3, 0.4) is 0 Å². The molecular weight excluding hydrogens is 300 g/mol. The van der Waals surface area contributed by atoms with E-state index < -0.39 is 4.92 Å². The Labute approximate surface area is 126 Å². The van der Waals surface area contributed by atoms with Crippen LogP contribution in [-0.2, 0) is 0 Å². The summed E-state index contributed by atoms with van der Waals surface area (Å²) in [5, 5.41) is 18.3. The summed E-state index contributed by atoms with van der Waals surface area (Å²) in [7, 11) is 0. The molecule has 1 aromatic heterocycles. The van der Waals surface area contributed by atoms with Crippen LogP contribution in [0.5, 0.6) is 0 Å². The first kappa shape index (κ1) is 15.0. The summed E-state index contributed by atoms with van der Waals surface area (Å²) < 4.78 is 0.969. The van der Waals surface area contributed by atoms with Crippen LogP contribution >= 0.6 is 23.7 Å². The molecule has 0 saturated carbocycles. The van der Waals surface area contributed by atoms with Crippen LogP contribution in [0, 0.1) is 10.1 Å². The second kappa shape index (κ2) is 6.34. The van der Waals surface area contributed by atoms with Crippen molar-refractivity contribution in [2.45, 2.75) is 18.9 Å². The number of aromatic nitrogens is 1. The van der Waals surface area contributed by atoms with Crippen molar-refractivity contribution in [2.75, 3.05) is 18.4 Å². The van der Waals surface area contributed by atoms with E-state index in [1.165, 1.54) is 23.5 Å². The number of piperidine rings is 1. The molecule has 3 rings (SSSR count). The van der Waals surface area contributed by atoms with E-state index in [1.54, 1.807) is 6.07 Å². The predicted molar refractivity (Wildman–Crippen MR) is 83.0 cm³/mol. The van der Waals surface area contributed by atoms with Gasteiger partial charge in [-0.3, -0.25) is 10.1 Å². The molecule has 1 fully saturated rings. The van der Waals surface area contributed by atoms with Crippen LogP contribution in [0.4, 0.5) is 10.8 Å². The largest absolute Gasteiger partial charge is 0.357 e. The summed E-state index contributed by atoms with van der Waals surface area (Å²) in [4.78, 5) is 14.8. The van der Waals surface area contributed by atoms with E-state index in [2.05, 4.69) is 15.6 Å². The number of fused-ring (bicyclic) bond motifs is 1. The standard InChI is InChI=1S/C12H14N4O2S.ClH/c17-16(18)9-3-4-11-10(6-9)15-12(19-11)14-8-2-1-5-13-7-8;/h3-4,6,8,13H,1-2,5,7H2,(H,14,15);1H/t8-;/m1./s1. The van der Waals surface area contributed by atoms with Crippen molar-refractivity contribution in [2.24, 2.45) is 0 Å². The van der Waals surface area contributed by atoms with Gasteiger partial charge >= 0.3 is 0 Å². The molecule has 6 nitrogen and oxygen atoms in total. The SMILES string of the molecule is Cl.O=[N+]([O-])c1ccc2sc(N[C@@H]3CCCNC3)nc2c1. The number of thiazole rings is 1. The summed E-state index contributed by atoms with van der Waals surface area (Å²) in [6.07, 6.45) is 2.29. The Morgan fingerprint density at radius 2 is 2.35 bits per heavy atom. The molecule has 0 unspecified atom stereocenters. The van der Waals surface area contributed by atoms with Crippen LogP contribution in [-0.4, -0.2) is 29.0 Å². The van der Waals surface area contributed by atoms with Gasteiger partial charge < -0.3 is 10.6 Å². The number of nitro benzene ring substituents is 1. The van der Waals surface area contributed by atoms with E-state index in [-0.39, 0.29) is 18.1 Å². The lowest BCUT2D eigenvalue weighted by Gasteiger charge is -2.23. The van der Waals surface area contributed by atoms with Crippen LogP contribution in [0.2, 0.25) is 0 Å². The highest BCUT2D eigenvalue weighted by Crippen LogP contribution is 2.29. The number of nitro groups is 1. The van der Waals surface area contributed by atoms with Crippen molar-refractivity contribution in [1.29, 1.82) is 0 Å².